The second kappa shape index (κ2) is 9.87. The highest BCUT2D eigenvalue weighted by Crippen LogP contribution is 2.75. The molecule has 48 heavy (non-hydrogen) atoms. The third kappa shape index (κ3) is 3.68. The first-order valence-electron chi connectivity index (χ1n) is 16.6. The predicted octanol–water partition coefficient (Wildman–Crippen LogP) is -0.0433. The highest BCUT2D eigenvalue weighted by atomic mass is 16.6. The van der Waals surface area contributed by atoms with Crippen LogP contribution in [0.3, 0.4) is 0 Å². The first-order chi connectivity index (χ1) is 22.1. The van der Waals surface area contributed by atoms with E-state index in [0.717, 1.165) is 6.92 Å². The van der Waals surface area contributed by atoms with Crippen LogP contribution in [0.2, 0.25) is 0 Å². The Hall–Kier alpha value is -2.91. The zero-order valence-electron chi connectivity index (χ0n) is 28.2. The van der Waals surface area contributed by atoms with Gasteiger partial charge in [0.05, 0.1) is 23.0 Å². The van der Waals surface area contributed by atoms with Gasteiger partial charge in [0.25, 0.3) is 0 Å². The van der Waals surface area contributed by atoms with Crippen molar-refractivity contribution in [2.24, 2.45) is 51.8 Å². The van der Waals surface area contributed by atoms with E-state index in [1.807, 2.05) is 6.92 Å². The van der Waals surface area contributed by atoms with Crippen LogP contribution in [0.25, 0.3) is 0 Å². The van der Waals surface area contributed by atoms with Crippen molar-refractivity contribution in [3.8, 4) is 0 Å². The number of carbonyl (C=O) groups excluding carboxylic acids is 5. The monoisotopic (exact) mass is 676 g/mol. The standard InChI is InChI=1S/C34H44O14/c1-11-9-16-31(6,33(8,42)29(41)48-16)21-18(11)30(5)19(23(21)39)17-20(25(44-12(2)35)27(30)45-13(3)36)32(7)28(46-14(4)37)24-15(47-24)10-34(32,43)26(40)22(17)38/h9,11,15,17-25,27-28,38-39,42-43H,10H2,1-8H3. The summed E-state index contributed by atoms with van der Waals surface area (Å²) in [5, 5.41) is 48.9. The molecule has 14 heteroatoms. The van der Waals surface area contributed by atoms with Gasteiger partial charge in [-0.05, 0) is 31.8 Å². The highest BCUT2D eigenvalue weighted by molar-refractivity contribution is 5.94. The normalized spacial score (nSPS) is 55.8. The largest absolute Gasteiger partial charge is 0.459 e. The first-order valence-corrected chi connectivity index (χ1v) is 16.6. The maximum absolute atomic E-state index is 14.4. The molecular weight excluding hydrogens is 632 g/mol. The van der Waals surface area contributed by atoms with Crippen LogP contribution in [0.4, 0.5) is 0 Å². The molecule has 0 bridgehead atoms. The van der Waals surface area contributed by atoms with Gasteiger partial charge >= 0.3 is 23.9 Å². The predicted molar refractivity (Wildman–Crippen MR) is 158 cm³/mol. The van der Waals surface area contributed by atoms with Crippen LogP contribution in [-0.2, 0) is 47.7 Å². The summed E-state index contributed by atoms with van der Waals surface area (Å²) in [5.41, 5.74) is -9.11. The molecule has 18 unspecified atom stereocenters. The van der Waals surface area contributed by atoms with E-state index in [9.17, 15) is 44.4 Å². The van der Waals surface area contributed by atoms with E-state index in [1.54, 1.807) is 19.9 Å². The molecule has 0 aromatic heterocycles. The Morgan fingerprint density at radius 1 is 0.854 bits per heavy atom. The van der Waals surface area contributed by atoms with E-state index < -0.39 is 135 Å². The number of fused-ring (bicyclic) bond motifs is 10. The second-order valence-corrected chi connectivity index (χ2v) is 16.0. The Labute approximate surface area is 277 Å². The number of allylic oxidation sites excluding steroid dienone is 1. The van der Waals surface area contributed by atoms with Gasteiger partial charge in [0, 0.05) is 56.3 Å². The van der Waals surface area contributed by atoms with Crippen LogP contribution in [-0.4, -0.2) is 104 Å². The van der Waals surface area contributed by atoms with E-state index in [1.165, 1.54) is 27.7 Å². The number of rotatable bonds is 3. The first kappa shape index (κ1) is 33.6. The van der Waals surface area contributed by atoms with Crippen LogP contribution in [0.15, 0.2) is 11.8 Å². The van der Waals surface area contributed by atoms with Gasteiger partial charge in [0.2, 0.25) is 0 Å². The number of hydrogen-bond donors (Lipinski definition) is 4. The Morgan fingerprint density at radius 3 is 2.02 bits per heavy atom. The zero-order chi connectivity index (χ0) is 35.4. The number of ketones is 1. The summed E-state index contributed by atoms with van der Waals surface area (Å²) < 4.78 is 29.4. The molecule has 18 atom stereocenters. The summed E-state index contributed by atoms with van der Waals surface area (Å²) in [7, 11) is 0. The molecule has 0 radical (unpaired) electrons. The molecule has 2 aliphatic heterocycles. The Kier molecular flexibility index (Phi) is 6.90. The Balaban J connectivity index is 1.51. The molecule has 2 heterocycles. The van der Waals surface area contributed by atoms with Crippen LogP contribution >= 0.6 is 0 Å². The number of aliphatic hydroxyl groups excluding tert-OH is 2. The number of epoxide rings is 1. The molecule has 14 nitrogen and oxygen atoms in total. The lowest BCUT2D eigenvalue weighted by molar-refractivity contribution is -0.296. The fourth-order valence-electron chi connectivity index (χ4n) is 11.9. The fourth-order valence-corrected chi connectivity index (χ4v) is 11.9. The van der Waals surface area contributed by atoms with Crippen molar-refractivity contribution in [1.29, 1.82) is 0 Å². The SMILES string of the molecule is CC(=O)OC1C(OC(C)=O)C2(C)C(C(O)C3C2C(C)C=C2OC(=O)C(C)(O)C23C)C2C(O)C(=O)C3(O)CC4OC4C(OC(C)=O)C3(C)C12. The summed E-state index contributed by atoms with van der Waals surface area (Å²) in [6, 6.07) is 0. The summed E-state index contributed by atoms with van der Waals surface area (Å²) >= 11 is 0. The second-order valence-electron chi connectivity index (χ2n) is 16.0. The molecule has 264 valence electrons. The number of carbonyl (C=O) groups is 5. The summed E-state index contributed by atoms with van der Waals surface area (Å²) in [4.78, 5) is 66.0. The summed E-state index contributed by atoms with van der Waals surface area (Å²) in [6.07, 6.45) is -7.32. The van der Waals surface area contributed by atoms with Gasteiger partial charge in [-0.1, -0.05) is 20.8 Å². The van der Waals surface area contributed by atoms with Gasteiger partial charge in [-0.2, -0.15) is 0 Å². The van der Waals surface area contributed by atoms with Crippen molar-refractivity contribution in [2.45, 2.75) is 116 Å². The minimum absolute atomic E-state index is 0.172. The molecule has 0 aromatic rings. The third-order valence-electron chi connectivity index (χ3n) is 13.9. The van der Waals surface area contributed by atoms with Gasteiger partial charge in [0.1, 0.15) is 41.9 Å². The van der Waals surface area contributed by atoms with Crippen LogP contribution in [0.5, 0.6) is 0 Å². The molecule has 5 aliphatic carbocycles. The smallest absolute Gasteiger partial charge is 0.343 e. The van der Waals surface area contributed by atoms with Crippen LogP contribution < -0.4 is 0 Å². The molecule has 4 N–H and O–H groups in total. The lowest BCUT2D eigenvalue weighted by Crippen LogP contribution is -2.80. The van der Waals surface area contributed by atoms with Crippen LogP contribution in [0.1, 0.15) is 61.8 Å². The molecule has 6 fully saturated rings. The quantitative estimate of drug-likeness (QED) is 0.175. The summed E-state index contributed by atoms with van der Waals surface area (Å²) in [5.74, 6) is -9.70. The van der Waals surface area contributed by atoms with Crippen molar-refractivity contribution in [1.82, 2.24) is 0 Å². The van der Waals surface area contributed by atoms with Gasteiger partial charge in [-0.3, -0.25) is 19.2 Å². The maximum atomic E-state index is 14.4. The molecule has 7 aliphatic rings. The minimum atomic E-state index is -2.35. The Morgan fingerprint density at radius 2 is 1.44 bits per heavy atom. The van der Waals surface area contributed by atoms with E-state index in [-0.39, 0.29) is 12.2 Å². The van der Waals surface area contributed by atoms with Gasteiger partial charge in [-0.25, -0.2) is 4.79 Å². The molecule has 4 saturated carbocycles. The van der Waals surface area contributed by atoms with Crippen molar-refractivity contribution >= 4 is 29.7 Å². The molecule has 0 aromatic carbocycles. The van der Waals surface area contributed by atoms with Crippen molar-refractivity contribution in [3.05, 3.63) is 11.8 Å². The van der Waals surface area contributed by atoms with E-state index >= 15 is 0 Å². The van der Waals surface area contributed by atoms with Crippen molar-refractivity contribution in [3.63, 3.8) is 0 Å². The van der Waals surface area contributed by atoms with Crippen molar-refractivity contribution in [2.75, 3.05) is 0 Å². The molecule has 2 saturated heterocycles. The van der Waals surface area contributed by atoms with Gasteiger partial charge in [0.15, 0.2) is 11.4 Å². The minimum Gasteiger partial charge on any atom is -0.459 e. The molecular formula is C34H44O14. The number of Topliss-reactive ketones (excluding diaryl/α,β-unsaturated/α-hetero) is 1. The lowest BCUT2D eigenvalue weighted by atomic mass is 9.40. The number of esters is 4. The van der Waals surface area contributed by atoms with E-state index in [2.05, 4.69) is 0 Å². The summed E-state index contributed by atoms with van der Waals surface area (Å²) in [6.45, 7) is 11.5. The fraction of sp³-hybridized carbons (Fsp3) is 0.794. The van der Waals surface area contributed by atoms with Gasteiger partial charge in [-0.15, -0.1) is 0 Å². The number of hydrogen-bond acceptors (Lipinski definition) is 14. The maximum Gasteiger partial charge on any atom is 0.343 e. The number of ether oxygens (including phenoxy) is 5. The van der Waals surface area contributed by atoms with E-state index in [4.69, 9.17) is 23.7 Å². The highest BCUT2D eigenvalue weighted by Gasteiger charge is 2.85. The lowest BCUT2D eigenvalue weighted by Gasteiger charge is -2.67. The number of aliphatic hydroxyl groups is 4. The van der Waals surface area contributed by atoms with Crippen LogP contribution in [0, 0.1) is 51.8 Å². The van der Waals surface area contributed by atoms with Crippen molar-refractivity contribution < 1.29 is 68.1 Å². The average molecular weight is 677 g/mol. The molecule has 0 spiro atoms. The molecule has 0 amide bonds. The topological polar surface area (TPSA) is 216 Å². The Bertz CT molecular complexity index is 1550. The third-order valence-corrected chi connectivity index (χ3v) is 13.9. The zero-order valence-corrected chi connectivity index (χ0v) is 28.2. The van der Waals surface area contributed by atoms with E-state index in [0.29, 0.717) is 0 Å². The molecule has 7 rings (SSSR count). The van der Waals surface area contributed by atoms with Gasteiger partial charge < -0.3 is 44.1 Å². The average Bonchev–Trinajstić information content (AvgIpc) is 3.64.